The Morgan fingerprint density at radius 2 is 2.15 bits per heavy atom. The summed E-state index contributed by atoms with van der Waals surface area (Å²) in [5.74, 6) is 0.791. The molecule has 0 amide bonds. The first-order valence-corrected chi connectivity index (χ1v) is 12.4. The number of nitrogens with one attached hydrogen (secondary N) is 1. The minimum absolute atomic E-state index is 0.0679. The van der Waals surface area contributed by atoms with Crippen molar-refractivity contribution in [1.82, 2.24) is 30.1 Å². The first kappa shape index (κ1) is 24.5. The van der Waals surface area contributed by atoms with E-state index in [9.17, 15) is 9.90 Å². The molecule has 3 heterocycles. The smallest absolute Gasteiger partial charge is 0.252 e. The van der Waals surface area contributed by atoms with Crippen LogP contribution >= 0.6 is 0 Å². The number of aromatic nitrogens is 5. The van der Waals surface area contributed by atoms with Gasteiger partial charge in [-0.15, -0.1) is 5.10 Å². The zero-order valence-corrected chi connectivity index (χ0v) is 20.5. The molecule has 0 radical (unpaired) electrons. The first-order chi connectivity index (χ1) is 16.5. The predicted molar refractivity (Wildman–Crippen MR) is 131 cm³/mol. The highest BCUT2D eigenvalue weighted by molar-refractivity contribution is 5.85. The van der Waals surface area contributed by atoms with E-state index < -0.39 is 0 Å². The maximum atomic E-state index is 13.1. The Morgan fingerprint density at radius 1 is 1.32 bits per heavy atom. The fraction of sp³-hybridized carbons (Fsp3) is 0.600. The zero-order valence-electron chi connectivity index (χ0n) is 20.5. The van der Waals surface area contributed by atoms with Crippen molar-refractivity contribution >= 4 is 10.9 Å². The van der Waals surface area contributed by atoms with E-state index in [1.807, 2.05) is 23.7 Å². The van der Waals surface area contributed by atoms with Gasteiger partial charge in [0.1, 0.15) is 0 Å². The molecule has 9 nitrogen and oxygen atoms in total. The standard InChI is InChI=1S/C25H36N6O3/c1-4-7-22(24-27-28-29-31(24)16-20-8-5-13-34-20)30(11-6-12-32)15-19-14-21-17(2)9-10-18(3)23(21)26-25(19)33/h9-10,14,20,22,32H,4-8,11-13,15-16H2,1-3H3,(H,26,33)/t20-,22+/m0/s1. The molecule has 1 aliphatic heterocycles. The number of rotatable bonds is 11. The van der Waals surface area contributed by atoms with Gasteiger partial charge in [0.05, 0.1) is 24.2 Å². The lowest BCUT2D eigenvalue weighted by Crippen LogP contribution is -2.34. The number of hydrogen-bond acceptors (Lipinski definition) is 7. The Labute approximate surface area is 200 Å². The molecular formula is C25H36N6O3. The summed E-state index contributed by atoms with van der Waals surface area (Å²) < 4.78 is 7.67. The Kier molecular flexibility index (Phi) is 8.07. The van der Waals surface area contributed by atoms with Crippen molar-refractivity contribution < 1.29 is 9.84 Å². The maximum absolute atomic E-state index is 13.1. The number of ether oxygens (including phenoxy) is 1. The topological polar surface area (TPSA) is 109 Å². The van der Waals surface area contributed by atoms with Crippen molar-refractivity contribution in [2.75, 3.05) is 19.8 Å². The van der Waals surface area contributed by atoms with E-state index >= 15 is 0 Å². The van der Waals surface area contributed by atoms with E-state index in [0.717, 1.165) is 60.1 Å². The number of pyridine rings is 1. The van der Waals surface area contributed by atoms with E-state index in [1.54, 1.807) is 0 Å². The minimum Gasteiger partial charge on any atom is -0.396 e. The van der Waals surface area contributed by atoms with Crippen molar-refractivity contribution in [3.05, 3.63) is 51.1 Å². The number of benzene rings is 1. The van der Waals surface area contributed by atoms with Gasteiger partial charge >= 0.3 is 0 Å². The normalized spacial score (nSPS) is 17.1. The monoisotopic (exact) mass is 468 g/mol. The first-order valence-electron chi connectivity index (χ1n) is 12.4. The largest absolute Gasteiger partial charge is 0.396 e. The lowest BCUT2D eigenvalue weighted by atomic mass is 10.0. The van der Waals surface area contributed by atoms with Gasteiger partial charge < -0.3 is 14.8 Å². The third-order valence-electron chi connectivity index (χ3n) is 6.76. The third kappa shape index (κ3) is 5.37. The highest BCUT2D eigenvalue weighted by Crippen LogP contribution is 2.28. The second-order valence-electron chi connectivity index (χ2n) is 9.32. The summed E-state index contributed by atoms with van der Waals surface area (Å²) in [7, 11) is 0. The molecule has 4 rings (SSSR count). The highest BCUT2D eigenvalue weighted by Gasteiger charge is 2.28. The SMILES string of the molecule is CCC[C@H](c1nnnn1C[C@@H]1CCCO1)N(CCCO)Cc1cc2c(C)ccc(C)c2[nH]c1=O. The van der Waals surface area contributed by atoms with Crippen molar-refractivity contribution in [1.29, 1.82) is 0 Å². The Bertz CT molecular complexity index is 1150. The molecule has 0 bridgehead atoms. The van der Waals surface area contributed by atoms with Gasteiger partial charge in [0.2, 0.25) is 0 Å². The average Bonchev–Trinajstić information content (AvgIpc) is 3.51. The van der Waals surface area contributed by atoms with E-state index in [1.165, 1.54) is 0 Å². The zero-order chi connectivity index (χ0) is 24.1. The number of hydrogen-bond donors (Lipinski definition) is 2. The van der Waals surface area contributed by atoms with Gasteiger partial charge in [0.25, 0.3) is 5.56 Å². The molecule has 0 aliphatic carbocycles. The third-order valence-corrected chi connectivity index (χ3v) is 6.76. The average molecular weight is 469 g/mol. The van der Waals surface area contributed by atoms with Crippen LogP contribution < -0.4 is 5.56 Å². The van der Waals surface area contributed by atoms with Gasteiger partial charge in [0.15, 0.2) is 5.82 Å². The summed E-state index contributed by atoms with van der Waals surface area (Å²) >= 11 is 0. The molecule has 184 valence electrons. The molecule has 1 aliphatic rings. The number of fused-ring (bicyclic) bond motifs is 1. The summed E-state index contributed by atoms with van der Waals surface area (Å²) in [6.07, 6.45) is 4.60. The molecule has 0 spiro atoms. The summed E-state index contributed by atoms with van der Waals surface area (Å²) in [5.41, 5.74) is 3.70. The van der Waals surface area contributed by atoms with Crippen LogP contribution in [0, 0.1) is 13.8 Å². The number of nitrogens with zero attached hydrogens (tertiary/aromatic N) is 5. The predicted octanol–water partition coefficient (Wildman–Crippen LogP) is 3.04. The molecule has 1 aromatic carbocycles. The summed E-state index contributed by atoms with van der Waals surface area (Å²) in [6.45, 7) is 8.80. The van der Waals surface area contributed by atoms with Crippen LogP contribution in [0.4, 0.5) is 0 Å². The van der Waals surface area contributed by atoms with Crippen LogP contribution in [0.15, 0.2) is 23.0 Å². The number of aliphatic hydroxyl groups excluding tert-OH is 1. The maximum Gasteiger partial charge on any atom is 0.252 e. The van der Waals surface area contributed by atoms with E-state index in [0.29, 0.717) is 31.6 Å². The van der Waals surface area contributed by atoms with Gasteiger partial charge in [-0.25, -0.2) is 4.68 Å². The molecule has 2 aromatic heterocycles. The molecule has 2 N–H and O–H groups in total. The fourth-order valence-corrected chi connectivity index (χ4v) is 4.88. The van der Waals surface area contributed by atoms with Crippen LogP contribution in [0.2, 0.25) is 0 Å². The number of H-pyrrole nitrogens is 1. The molecule has 2 atom stereocenters. The minimum atomic E-state index is -0.0793. The summed E-state index contributed by atoms with van der Waals surface area (Å²) in [4.78, 5) is 18.4. The number of aryl methyl sites for hydroxylation is 2. The quantitative estimate of drug-likeness (QED) is 0.445. The van der Waals surface area contributed by atoms with Crippen molar-refractivity contribution in [3.63, 3.8) is 0 Å². The molecule has 34 heavy (non-hydrogen) atoms. The number of tetrazole rings is 1. The van der Waals surface area contributed by atoms with Crippen LogP contribution in [-0.2, 0) is 17.8 Å². The Morgan fingerprint density at radius 3 is 2.88 bits per heavy atom. The molecule has 0 unspecified atom stereocenters. The second-order valence-corrected chi connectivity index (χ2v) is 9.32. The Hall–Kier alpha value is -2.62. The summed E-state index contributed by atoms with van der Waals surface area (Å²) in [5, 5.41) is 23.3. The number of aromatic amines is 1. The molecule has 3 aromatic rings. The van der Waals surface area contributed by atoms with E-state index in [-0.39, 0.29) is 24.3 Å². The van der Waals surface area contributed by atoms with Gasteiger partial charge in [0, 0.05) is 37.3 Å². The summed E-state index contributed by atoms with van der Waals surface area (Å²) in [6, 6.07) is 6.07. The van der Waals surface area contributed by atoms with Crippen LogP contribution in [-0.4, -0.2) is 61.1 Å². The second kappa shape index (κ2) is 11.2. The van der Waals surface area contributed by atoms with Crippen LogP contribution in [0.25, 0.3) is 10.9 Å². The van der Waals surface area contributed by atoms with Crippen LogP contribution in [0.3, 0.4) is 0 Å². The lowest BCUT2D eigenvalue weighted by Gasteiger charge is -2.31. The van der Waals surface area contributed by atoms with E-state index in [4.69, 9.17) is 4.74 Å². The molecule has 0 saturated carbocycles. The number of aliphatic hydroxyl groups is 1. The molecule has 9 heteroatoms. The molecule has 1 fully saturated rings. The van der Waals surface area contributed by atoms with Crippen molar-refractivity contribution in [2.24, 2.45) is 0 Å². The van der Waals surface area contributed by atoms with E-state index in [2.05, 4.69) is 45.3 Å². The van der Waals surface area contributed by atoms with Crippen LogP contribution in [0.1, 0.15) is 67.6 Å². The van der Waals surface area contributed by atoms with Crippen molar-refractivity contribution in [3.8, 4) is 0 Å². The van der Waals surface area contributed by atoms with Crippen LogP contribution in [0.5, 0.6) is 0 Å². The van der Waals surface area contributed by atoms with Gasteiger partial charge in [-0.3, -0.25) is 9.69 Å². The van der Waals surface area contributed by atoms with Gasteiger partial charge in [-0.1, -0.05) is 25.5 Å². The highest BCUT2D eigenvalue weighted by atomic mass is 16.5. The Balaban J connectivity index is 1.67. The van der Waals surface area contributed by atoms with Gasteiger partial charge in [-0.05, 0) is 67.2 Å². The molecule has 1 saturated heterocycles. The molecular weight excluding hydrogens is 432 g/mol. The van der Waals surface area contributed by atoms with Gasteiger partial charge in [-0.2, -0.15) is 0 Å². The lowest BCUT2D eigenvalue weighted by molar-refractivity contribution is 0.0885. The fourth-order valence-electron chi connectivity index (χ4n) is 4.88. The van der Waals surface area contributed by atoms with Crippen molar-refractivity contribution in [2.45, 2.75) is 78.1 Å².